The molecule has 0 fully saturated rings. The average Bonchev–Trinajstić information content (AvgIpc) is 2.05. The summed E-state index contributed by atoms with van der Waals surface area (Å²) < 4.78 is 0. The number of nitrogens with zero attached hydrogens (tertiary/aromatic N) is 2. The van der Waals surface area contributed by atoms with Crippen molar-refractivity contribution in [1.29, 1.82) is 5.26 Å². The Kier molecular flexibility index (Phi) is 2.67. The van der Waals surface area contributed by atoms with Gasteiger partial charge in [-0.05, 0) is 33.4 Å². The van der Waals surface area contributed by atoms with E-state index in [0.717, 1.165) is 24.8 Å². The first-order chi connectivity index (χ1) is 5.24. The van der Waals surface area contributed by atoms with Gasteiger partial charge in [-0.25, -0.2) is 0 Å². The van der Waals surface area contributed by atoms with Crippen LogP contribution in [0.4, 0.5) is 0 Å². The number of allylic oxidation sites excluding steroid dienone is 1. The lowest BCUT2D eigenvalue weighted by molar-refractivity contribution is 0.274. The van der Waals surface area contributed by atoms with Crippen molar-refractivity contribution in [1.82, 2.24) is 4.90 Å². The van der Waals surface area contributed by atoms with Crippen LogP contribution in [0.25, 0.3) is 0 Å². The van der Waals surface area contributed by atoms with Gasteiger partial charge in [0.15, 0.2) is 0 Å². The molecule has 0 heterocycles. The van der Waals surface area contributed by atoms with E-state index in [1.807, 2.05) is 0 Å². The summed E-state index contributed by atoms with van der Waals surface area (Å²) in [6.07, 6.45) is 5.19. The molecule has 0 amide bonds. The predicted octanol–water partition coefficient (Wildman–Crippen LogP) is 1.55. The normalized spacial score (nSPS) is 24.5. The number of rotatable bonds is 1. The van der Waals surface area contributed by atoms with Crippen molar-refractivity contribution in [2.24, 2.45) is 0 Å². The predicted molar refractivity (Wildman–Crippen MR) is 45.0 cm³/mol. The summed E-state index contributed by atoms with van der Waals surface area (Å²) in [6.45, 7) is 0. The molecular formula is C9H14N2. The molecule has 0 radical (unpaired) electrons. The van der Waals surface area contributed by atoms with Crippen molar-refractivity contribution in [3.8, 4) is 6.07 Å². The molecular weight excluding hydrogens is 136 g/mol. The second-order valence-corrected chi connectivity index (χ2v) is 3.23. The quantitative estimate of drug-likeness (QED) is 0.567. The molecule has 0 N–H and O–H groups in total. The Labute approximate surface area is 68.1 Å². The monoisotopic (exact) mass is 150 g/mol. The van der Waals surface area contributed by atoms with Gasteiger partial charge in [0, 0.05) is 11.6 Å². The second-order valence-electron chi connectivity index (χ2n) is 3.23. The Balaban J connectivity index is 2.49. The van der Waals surface area contributed by atoms with E-state index in [9.17, 15) is 0 Å². The largest absolute Gasteiger partial charge is 0.306 e. The van der Waals surface area contributed by atoms with Gasteiger partial charge in [-0.3, -0.25) is 0 Å². The van der Waals surface area contributed by atoms with Crippen LogP contribution in [0, 0.1) is 11.3 Å². The summed E-state index contributed by atoms with van der Waals surface area (Å²) in [5.74, 6) is 0. The molecule has 2 nitrogen and oxygen atoms in total. The Hall–Kier alpha value is -0.810. The summed E-state index contributed by atoms with van der Waals surface area (Å²) in [7, 11) is 4.19. The van der Waals surface area contributed by atoms with Gasteiger partial charge in [0.25, 0.3) is 0 Å². The SMILES string of the molecule is CN(C)C1CC=C(C#N)CC1. The van der Waals surface area contributed by atoms with E-state index in [-0.39, 0.29) is 0 Å². The summed E-state index contributed by atoms with van der Waals surface area (Å²) in [5, 5.41) is 8.58. The van der Waals surface area contributed by atoms with E-state index in [1.165, 1.54) is 0 Å². The molecule has 0 aliphatic heterocycles. The molecule has 0 aromatic rings. The minimum absolute atomic E-state index is 0.645. The maximum Gasteiger partial charge on any atom is 0.0943 e. The number of hydrogen-bond acceptors (Lipinski definition) is 2. The van der Waals surface area contributed by atoms with Crippen molar-refractivity contribution >= 4 is 0 Å². The summed E-state index contributed by atoms with van der Waals surface area (Å²) >= 11 is 0. The Morgan fingerprint density at radius 2 is 2.36 bits per heavy atom. The van der Waals surface area contributed by atoms with Crippen molar-refractivity contribution in [2.45, 2.75) is 25.3 Å². The lowest BCUT2D eigenvalue weighted by Gasteiger charge is -2.25. The standard InChI is InChI=1S/C9H14N2/c1-11(2)9-5-3-8(7-10)4-6-9/h3,9H,4-6H2,1-2H3. The maximum atomic E-state index is 8.58. The molecule has 0 aromatic carbocycles. The molecule has 1 atom stereocenters. The minimum Gasteiger partial charge on any atom is -0.306 e. The van der Waals surface area contributed by atoms with Crippen LogP contribution >= 0.6 is 0 Å². The van der Waals surface area contributed by atoms with Crippen molar-refractivity contribution in [3.05, 3.63) is 11.6 Å². The highest BCUT2D eigenvalue weighted by atomic mass is 15.1. The van der Waals surface area contributed by atoms with E-state index >= 15 is 0 Å². The van der Waals surface area contributed by atoms with E-state index in [1.54, 1.807) is 0 Å². The van der Waals surface area contributed by atoms with Crippen LogP contribution in [0.3, 0.4) is 0 Å². The molecule has 2 heteroatoms. The third-order valence-corrected chi connectivity index (χ3v) is 2.26. The molecule has 1 rings (SSSR count). The smallest absolute Gasteiger partial charge is 0.0943 e. The lowest BCUT2D eigenvalue weighted by atomic mass is 9.95. The second kappa shape index (κ2) is 3.54. The first-order valence-corrected chi connectivity index (χ1v) is 3.99. The molecule has 1 aliphatic rings. The molecule has 0 bridgehead atoms. The van der Waals surface area contributed by atoms with E-state index in [4.69, 9.17) is 5.26 Å². The molecule has 60 valence electrons. The van der Waals surface area contributed by atoms with Crippen LogP contribution in [-0.4, -0.2) is 25.0 Å². The van der Waals surface area contributed by atoms with Crippen LogP contribution in [0.5, 0.6) is 0 Å². The Bertz CT molecular complexity index is 198. The van der Waals surface area contributed by atoms with E-state index < -0.39 is 0 Å². The zero-order chi connectivity index (χ0) is 8.27. The zero-order valence-corrected chi connectivity index (χ0v) is 7.17. The van der Waals surface area contributed by atoms with Crippen LogP contribution < -0.4 is 0 Å². The van der Waals surface area contributed by atoms with E-state index in [2.05, 4.69) is 31.1 Å². The van der Waals surface area contributed by atoms with Gasteiger partial charge in [-0.1, -0.05) is 6.08 Å². The lowest BCUT2D eigenvalue weighted by Crippen LogP contribution is -2.28. The highest BCUT2D eigenvalue weighted by Crippen LogP contribution is 2.19. The highest BCUT2D eigenvalue weighted by Gasteiger charge is 2.15. The molecule has 0 saturated heterocycles. The van der Waals surface area contributed by atoms with Crippen LogP contribution in [0.15, 0.2) is 11.6 Å². The molecule has 1 unspecified atom stereocenters. The third-order valence-electron chi connectivity index (χ3n) is 2.26. The van der Waals surface area contributed by atoms with Crippen LogP contribution in [0.1, 0.15) is 19.3 Å². The molecule has 0 aromatic heterocycles. The van der Waals surface area contributed by atoms with Gasteiger partial charge in [-0.15, -0.1) is 0 Å². The number of hydrogen-bond donors (Lipinski definition) is 0. The molecule has 0 saturated carbocycles. The van der Waals surface area contributed by atoms with Crippen LogP contribution in [-0.2, 0) is 0 Å². The minimum atomic E-state index is 0.645. The number of nitriles is 1. The molecule has 11 heavy (non-hydrogen) atoms. The summed E-state index contributed by atoms with van der Waals surface area (Å²) in [4.78, 5) is 2.23. The molecule has 1 aliphatic carbocycles. The van der Waals surface area contributed by atoms with Gasteiger partial charge < -0.3 is 4.90 Å². The van der Waals surface area contributed by atoms with Gasteiger partial charge in [0.1, 0.15) is 0 Å². The van der Waals surface area contributed by atoms with Gasteiger partial charge in [0.2, 0.25) is 0 Å². The van der Waals surface area contributed by atoms with Gasteiger partial charge >= 0.3 is 0 Å². The van der Waals surface area contributed by atoms with Crippen molar-refractivity contribution < 1.29 is 0 Å². The fourth-order valence-electron chi connectivity index (χ4n) is 1.39. The Morgan fingerprint density at radius 1 is 1.64 bits per heavy atom. The van der Waals surface area contributed by atoms with Gasteiger partial charge in [-0.2, -0.15) is 5.26 Å². The topological polar surface area (TPSA) is 27.0 Å². The zero-order valence-electron chi connectivity index (χ0n) is 7.17. The highest BCUT2D eigenvalue weighted by molar-refractivity contribution is 5.22. The first-order valence-electron chi connectivity index (χ1n) is 3.99. The average molecular weight is 150 g/mol. The van der Waals surface area contributed by atoms with Crippen molar-refractivity contribution in [3.63, 3.8) is 0 Å². The third kappa shape index (κ3) is 2.06. The maximum absolute atomic E-state index is 8.58. The van der Waals surface area contributed by atoms with E-state index in [0.29, 0.717) is 6.04 Å². The summed E-state index contributed by atoms with van der Waals surface area (Å²) in [6, 6.07) is 2.85. The fraction of sp³-hybridized carbons (Fsp3) is 0.667. The summed E-state index contributed by atoms with van der Waals surface area (Å²) in [5.41, 5.74) is 0.961. The van der Waals surface area contributed by atoms with Crippen molar-refractivity contribution in [2.75, 3.05) is 14.1 Å². The van der Waals surface area contributed by atoms with Gasteiger partial charge in [0.05, 0.1) is 6.07 Å². The molecule has 0 spiro atoms. The fourth-order valence-corrected chi connectivity index (χ4v) is 1.39. The Morgan fingerprint density at radius 3 is 2.73 bits per heavy atom. The van der Waals surface area contributed by atoms with Crippen LogP contribution in [0.2, 0.25) is 0 Å². The first kappa shape index (κ1) is 8.29.